The third-order valence-electron chi connectivity index (χ3n) is 6.09. The Hall–Kier alpha value is -3.14. The van der Waals surface area contributed by atoms with Gasteiger partial charge < -0.3 is 29.8 Å². The van der Waals surface area contributed by atoms with Gasteiger partial charge in [-0.3, -0.25) is 14.4 Å². The summed E-state index contributed by atoms with van der Waals surface area (Å²) >= 11 is 0. The maximum Gasteiger partial charge on any atom is 0.508 e. The lowest BCUT2D eigenvalue weighted by atomic mass is 9.87. The van der Waals surface area contributed by atoms with Gasteiger partial charge in [-0.15, -0.1) is 0 Å². The van der Waals surface area contributed by atoms with Gasteiger partial charge in [0.2, 0.25) is 0 Å². The summed E-state index contributed by atoms with van der Waals surface area (Å²) < 4.78 is 21.4. The Bertz CT molecular complexity index is 933. The van der Waals surface area contributed by atoms with Gasteiger partial charge in [0.05, 0.1) is 18.4 Å². The fourth-order valence-corrected chi connectivity index (χ4v) is 3.89. The first kappa shape index (κ1) is 32.9. The first-order chi connectivity index (χ1) is 17.9. The number of esters is 2. The van der Waals surface area contributed by atoms with Crippen molar-refractivity contribution in [3.63, 3.8) is 0 Å². The van der Waals surface area contributed by atoms with Crippen LogP contribution in [0.4, 0.5) is 4.79 Å². The largest absolute Gasteiger partial charge is 0.508 e. The number of carboxylic acid groups (broad SMARTS) is 1. The van der Waals surface area contributed by atoms with Gasteiger partial charge in [-0.25, -0.2) is 4.79 Å². The summed E-state index contributed by atoms with van der Waals surface area (Å²) in [6, 6.07) is 3.13. The van der Waals surface area contributed by atoms with E-state index in [0.717, 1.165) is 12.8 Å². The van der Waals surface area contributed by atoms with Crippen LogP contribution in [0.5, 0.6) is 11.5 Å². The molecule has 5 atom stereocenters. The molecule has 10 heteroatoms. The van der Waals surface area contributed by atoms with Crippen LogP contribution < -0.4 is 15.2 Å². The van der Waals surface area contributed by atoms with Crippen LogP contribution in [-0.4, -0.2) is 47.9 Å². The molecule has 0 aliphatic heterocycles. The number of carbonyl (C=O) groups is 4. The second-order valence-electron chi connectivity index (χ2n) is 9.66. The predicted molar refractivity (Wildman–Crippen MR) is 141 cm³/mol. The van der Waals surface area contributed by atoms with E-state index in [1.54, 1.807) is 26.8 Å². The Morgan fingerprint density at radius 1 is 0.868 bits per heavy atom. The fraction of sp³-hybridized carbons (Fsp3) is 0.643. The van der Waals surface area contributed by atoms with Crippen LogP contribution in [-0.2, 0) is 23.9 Å². The van der Waals surface area contributed by atoms with Crippen molar-refractivity contribution in [2.24, 2.45) is 17.6 Å². The molecule has 10 nitrogen and oxygen atoms in total. The molecule has 1 aromatic rings. The summed E-state index contributed by atoms with van der Waals surface area (Å²) in [4.78, 5) is 49.0. The van der Waals surface area contributed by atoms with E-state index in [1.165, 1.54) is 12.1 Å². The van der Waals surface area contributed by atoms with Crippen LogP contribution in [0.25, 0.3) is 0 Å². The second-order valence-corrected chi connectivity index (χ2v) is 9.66. The van der Waals surface area contributed by atoms with E-state index in [2.05, 4.69) is 0 Å². The van der Waals surface area contributed by atoms with Gasteiger partial charge in [-0.2, -0.15) is 0 Å². The minimum Gasteiger partial charge on any atom is -0.480 e. The van der Waals surface area contributed by atoms with Crippen molar-refractivity contribution in [3.8, 4) is 11.5 Å². The van der Waals surface area contributed by atoms with Crippen LogP contribution in [0.2, 0.25) is 0 Å². The van der Waals surface area contributed by atoms with E-state index in [0.29, 0.717) is 24.8 Å². The third kappa shape index (κ3) is 10.7. The van der Waals surface area contributed by atoms with Crippen molar-refractivity contribution in [2.45, 2.75) is 98.1 Å². The third-order valence-corrected chi connectivity index (χ3v) is 6.09. The molecule has 0 amide bonds. The van der Waals surface area contributed by atoms with Crippen molar-refractivity contribution in [1.82, 2.24) is 0 Å². The Kier molecular flexibility index (Phi) is 14.4. The highest BCUT2D eigenvalue weighted by molar-refractivity contribution is 5.79. The van der Waals surface area contributed by atoms with Crippen LogP contribution in [0.1, 0.15) is 91.5 Å². The molecule has 214 valence electrons. The molecule has 0 aliphatic carbocycles. The molecule has 0 aromatic heterocycles. The van der Waals surface area contributed by atoms with Gasteiger partial charge in [0.25, 0.3) is 0 Å². The zero-order valence-corrected chi connectivity index (χ0v) is 23.4. The molecule has 0 radical (unpaired) electrons. The summed E-state index contributed by atoms with van der Waals surface area (Å²) in [5.41, 5.74) is 6.44. The number of carbonyl (C=O) groups excluding carboxylic acids is 3. The molecule has 0 heterocycles. The van der Waals surface area contributed by atoms with Crippen LogP contribution in [0.3, 0.4) is 0 Å². The molecule has 0 saturated carbocycles. The van der Waals surface area contributed by atoms with Gasteiger partial charge >= 0.3 is 24.1 Å². The van der Waals surface area contributed by atoms with Crippen LogP contribution >= 0.6 is 0 Å². The van der Waals surface area contributed by atoms with Crippen LogP contribution in [0.15, 0.2) is 18.2 Å². The Balaban J connectivity index is 3.36. The lowest BCUT2D eigenvalue weighted by Gasteiger charge is -2.25. The zero-order chi connectivity index (χ0) is 28.8. The van der Waals surface area contributed by atoms with Crippen LogP contribution in [0, 0.1) is 11.8 Å². The monoisotopic (exact) mass is 537 g/mol. The molecule has 1 aromatic carbocycles. The van der Waals surface area contributed by atoms with Gasteiger partial charge in [0.15, 0.2) is 11.5 Å². The first-order valence-electron chi connectivity index (χ1n) is 13.3. The van der Waals surface area contributed by atoms with Crippen molar-refractivity contribution in [2.75, 3.05) is 6.61 Å². The summed E-state index contributed by atoms with van der Waals surface area (Å²) in [6.45, 7) is 11.1. The van der Waals surface area contributed by atoms with Gasteiger partial charge in [-0.1, -0.05) is 53.5 Å². The Morgan fingerprint density at radius 3 is 1.92 bits per heavy atom. The smallest absolute Gasteiger partial charge is 0.480 e. The molecular formula is C28H43NO9. The number of nitrogens with two attached hydrogens (primary N) is 1. The lowest BCUT2D eigenvalue weighted by Crippen LogP contribution is -2.38. The van der Waals surface area contributed by atoms with Crippen molar-refractivity contribution < 1.29 is 43.2 Å². The molecule has 0 aliphatic rings. The fourth-order valence-electron chi connectivity index (χ4n) is 3.89. The molecule has 0 bridgehead atoms. The number of benzene rings is 1. The topological polar surface area (TPSA) is 151 Å². The van der Waals surface area contributed by atoms with E-state index in [9.17, 15) is 24.3 Å². The zero-order valence-electron chi connectivity index (χ0n) is 23.4. The first-order valence-corrected chi connectivity index (χ1v) is 13.3. The van der Waals surface area contributed by atoms with Crippen molar-refractivity contribution in [1.29, 1.82) is 0 Å². The SMILES string of the molecule is CCCOC(=O)OC(C)CC(c1ccc(OC(=O)C(C)CCC)c(OC(=O)C(C)CCC)c1)[C@H](N)C(=O)O. The number of ether oxygens (including phenoxy) is 4. The Morgan fingerprint density at radius 2 is 1.42 bits per heavy atom. The highest BCUT2D eigenvalue weighted by Crippen LogP contribution is 2.35. The molecule has 0 fully saturated rings. The number of aliphatic carboxylic acids is 1. The summed E-state index contributed by atoms with van der Waals surface area (Å²) in [5, 5.41) is 9.64. The van der Waals surface area contributed by atoms with Crippen molar-refractivity contribution in [3.05, 3.63) is 23.8 Å². The number of hydrogen-bond acceptors (Lipinski definition) is 9. The molecule has 1 rings (SSSR count). The molecule has 4 unspecified atom stereocenters. The lowest BCUT2D eigenvalue weighted by molar-refractivity contribution is -0.141. The number of rotatable bonds is 16. The molecular weight excluding hydrogens is 494 g/mol. The highest BCUT2D eigenvalue weighted by atomic mass is 16.7. The van der Waals surface area contributed by atoms with E-state index >= 15 is 0 Å². The summed E-state index contributed by atoms with van der Waals surface area (Å²) in [6.07, 6.45) is 1.92. The number of carboxylic acids is 1. The minimum atomic E-state index is -1.35. The van der Waals surface area contributed by atoms with E-state index < -0.39 is 48.0 Å². The van der Waals surface area contributed by atoms with Gasteiger partial charge in [0.1, 0.15) is 12.1 Å². The van der Waals surface area contributed by atoms with Crippen molar-refractivity contribution >= 4 is 24.1 Å². The standard InChI is InChI=1S/C28H43NO9/c1-7-10-17(4)26(32)37-22-13-12-20(16-23(22)38-27(33)18(5)11-8-2)21(24(29)25(30)31)15-19(6)36-28(34)35-14-9-3/h12-13,16-19,21,24H,7-11,14-15,29H2,1-6H3,(H,30,31)/t17?,18?,19?,21?,24-/m0/s1. The minimum absolute atomic E-state index is 0.00832. The maximum absolute atomic E-state index is 12.7. The summed E-state index contributed by atoms with van der Waals surface area (Å²) in [5.74, 6) is -3.76. The van der Waals surface area contributed by atoms with E-state index in [-0.39, 0.29) is 30.4 Å². The molecule has 0 saturated heterocycles. The predicted octanol–water partition coefficient (Wildman–Crippen LogP) is 5.21. The molecule has 3 N–H and O–H groups in total. The number of hydrogen-bond donors (Lipinski definition) is 2. The molecule has 38 heavy (non-hydrogen) atoms. The quantitative estimate of drug-likeness (QED) is 0.212. The average Bonchev–Trinajstić information content (AvgIpc) is 2.86. The van der Waals surface area contributed by atoms with E-state index in [1.807, 2.05) is 20.8 Å². The average molecular weight is 538 g/mol. The highest BCUT2D eigenvalue weighted by Gasteiger charge is 2.31. The summed E-state index contributed by atoms with van der Waals surface area (Å²) in [7, 11) is 0. The Labute approximate surface area is 225 Å². The van der Waals surface area contributed by atoms with Gasteiger partial charge in [-0.05, 0) is 50.3 Å². The normalized spacial score (nSPS) is 14.9. The molecule has 0 spiro atoms. The van der Waals surface area contributed by atoms with E-state index in [4.69, 9.17) is 24.7 Å². The second kappa shape index (κ2) is 16.7. The van der Waals surface area contributed by atoms with Gasteiger partial charge in [0, 0.05) is 5.92 Å². The maximum atomic E-state index is 12.7.